The van der Waals surface area contributed by atoms with Crippen LogP contribution in [0.15, 0.2) is 0 Å². The molecule has 0 radical (unpaired) electrons. The van der Waals surface area contributed by atoms with Crippen molar-refractivity contribution >= 4 is 19.7 Å². The van der Waals surface area contributed by atoms with Crippen LogP contribution in [-0.4, -0.2) is 14.2 Å². The van der Waals surface area contributed by atoms with Crippen molar-refractivity contribution in [2.24, 2.45) is 11.3 Å². The summed E-state index contributed by atoms with van der Waals surface area (Å²) < 4.78 is 21.4. The predicted octanol–water partition coefficient (Wildman–Crippen LogP) is 1.99. The molecule has 0 spiro atoms. The summed E-state index contributed by atoms with van der Waals surface area (Å²) in [6.07, 6.45) is 1.97. The first-order chi connectivity index (χ1) is 4.81. The van der Waals surface area contributed by atoms with Crippen LogP contribution in [0, 0.1) is 11.3 Å². The van der Waals surface area contributed by atoms with Crippen LogP contribution < -0.4 is 0 Å². The number of hydrogen-bond acceptors (Lipinski definition) is 2. The smallest absolute Gasteiger partial charge is 0.212 e. The molecule has 1 saturated carbocycles. The highest BCUT2D eigenvalue weighted by Crippen LogP contribution is 2.46. The van der Waals surface area contributed by atoms with Gasteiger partial charge in [-0.25, -0.2) is 8.42 Å². The molecule has 0 aromatic rings. The lowest BCUT2D eigenvalue weighted by molar-refractivity contribution is 0.115. The van der Waals surface area contributed by atoms with Crippen molar-refractivity contribution < 1.29 is 8.42 Å². The molecule has 0 unspecified atom stereocenters. The maximum atomic E-state index is 10.7. The van der Waals surface area contributed by atoms with E-state index in [1.54, 1.807) is 0 Å². The highest BCUT2D eigenvalue weighted by Gasteiger charge is 2.40. The summed E-state index contributed by atoms with van der Waals surface area (Å²) in [6.45, 7) is 4.11. The second kappa shape index (κ2) is 2.63. The van der Waals surface area contributed by atoms with Crippen molar-refractivity contribution in [3.8, 4) is 0 Å². The van der Waals surface area contributed by atoms with Crippen molar-refractivity contribution in [2.75, 3.05) is 5.75 Å². The Labute approximate surface area is 72.4 Å². The molecule has 0 bridgehead atoms. The lowest BCUT2D eigenvalue weighted by Gasteiger charge is -2.42. The maximum Gasteiger partial charge on any atom is 0.233 e. The Morgan fingerprint density at radius 2 is 2.00 bits per heavy atom. The SMILES string of the molecule is CC1CC(C)(CS(=O)(=O)Cl)C1. The molecule has 4 heteroatoms. The summed E-state index contributed by atoms with van der Waals surface area (Å²) in [7, 11) is 1.86. The molecular formula is C7H13ClO2S. The van der Waals surface area contributed by atoms with Gasteiger partial charge < -0.3 is 0 Å². The first-order valence-electron chi connectivity index (χ1n) is 3.73. The van der Waals surface area contributed by atoms with Crippen molar-refractivity contribution in [2.45, 2.75) is 26.7 Å². The van der Waals surface area contributed by atoms with Gasteiger partial charge in [-0.3, -0.25) is 0 Å². The maximum absolute atomic E-state index is 10.7. The number of hydrogen-bond donors (Lipinski definition) is 0. The molecule has 0 N–H and O–H groups in total. The van der Waals surface area contributed by atoms with Gasteiger partial charge in [-0.1, -0.05) is 13.8 Å². The summed E-state index contributed by atoms with van der Waals surface area (Å²) in [5.41, 5.74) is -0.0417. The monoisotopic (exact) mass is 196 g/mol. The third kappa shape index (κ3) is 2.64. The normalized spacial score (nSPS) is 38.3. The molecule has 1 rings (SSSR count). The van der Waals surface area contributed by atoms with Crippen molar-refractivity contribution in [3.05, 3.63) is 0 Å². The van der Waals surface area contributed by atoms with Crippen LogP contribution in [0.2, 0.25) is 0 Å². The van der Waals surface area contributed by atoms with Gasteiger partial charge in [-0.2, -0.15) is 0 Å². The summed E-state index contributed by atoms with van der Waals surface area (Å²) in [5, 5.41) is 0. The first kappa shape index (κ1) is 9.33. The van der Waals surface area contributed by atoms with E-state index in [0.717, 1.165) is 12.8 Å². The van der Waals surface area contributed by atoms with Gasteiger partial charge in [0.05, 0.1) is 5.75 Å². The highest BCUT2D eigenvalue weighted by molar-refractivity contribution is 8.13. The van der Waals surface area contributed by atoms with E-state index in [0.29, 0.717) is 5.92 Å². The van der Waals surface area contributed by atoms with E-state index in [2.05, 4.69) is 6.92 Å². The van der Waals surface area contributed by atoms with E-state index in [1.807, 2.05) is 6.92 Å². The fourth-order valence-corrected chi connectivity index (χ4v) is 4.02. The number of halogens is 1. The van der Waals surface area contributed by atoms with Crippen LogP contribution in [0.3, 0.4) is 0 Å². The predicted molar refractivity (Wildman–Crippen MR) is 46.1 cm³/mol. The molecule has 1 fully saturated rings. The zero-order chi connectivity index (χ0) is 8.70. The summed E-state index contributed by atoms with van der Waals surface area (Å²) >= 11 is 0. The van der Waals surface area contributed by atoms with Gasteiger partial charge in [0.2, 0.25) is 9.05 Å². The fraction of sp³-hybridized carbons (Fsp3) is 1.00. The van der Waals surface area contributed by atoms with Crippen molar-refractivity contribution in [3.63, 3.8) is 0 Å². The molecule has 0 aromatic carbocycles. The van der Waals surface area contributed by atoms with Crippen molar-refractivity contribution in [1.29, 1.82) is 0 Å². The summed E-state index contributed by atoms with van der Waals surface area (Å²) in [4.78, 5) is 0. The largest absolute Gasteiger partial charge is 0.233 e. The molecule has 11 heavy (non-hydrogen) atoms. The van der Waals surface area contributed by atoms with Crippen LogP contribution in [0.25, 0.3) is 0 Å². The Hall–Kier alpha value is 0.240. The van der Waals surface area contributed by atoms with Crippen LogP contribution in [0.5, 0.6) is 0 Å². The minimum Gasteiger partial charge on any atom is -0.212 e. The average molecular weight is 197 g/mol. The molecule has 0 atom stereocenters. The van der Waals surface area contributed by atoms with Gasteiger partial charge in [0, 0.05) is 10.7 Å². The third-order valence-electron chi connectivity index (χ3n) is 2.20. The van der Waals surface area contributed by atoms with Gasteiger partial charge in [-0.15, -0.1) is 0 Å². The molecule has 66 valence electrons. The zero-order valence-electron chi connectivity index (χ0n) is 6.80. The van der Waals surface area contributed by atoms with E-state index in [4.69, 9.17) is 10.7 Å². The number of rotatable bonds is 2. The first-order valence-corrected chi connectivity index (χ1v) is 6.21. The Kier molecular flexibility index (Phi) is 2.23. The van der Waals surface area contributed by atoms with Crippen LogP contribution in [0.4, 0.5) is 0 Å². The van der Waals surface area contributed by atoms with Crippen LogP contribution in [-0.2, 0) is 9.05 Å². The van der Waals surface area contributed by atoms with E-state index in [-0.39, 0.29) is 11.2 Å². The van der Waals surface area contributed by atoms with E-state index in [1.165, 1.54) is 0 Å². The fourth-order valence-electron chi connectivity index (χ4n) is 2.16. The second-order valence-corrected chi connectivity index (χ2v) is 6.78. The van der Waals surface area contributed by atoms with Crippen LogP contribution in [0.1, 0.15) is 26.7 Å². The summed E-state index contributed by atoms with van der Waals surface area (Å²) in [5.74, 6) is 0.796. The Bertz CT molecular complexity index is 239. The van der Waals surface area contributed by atoms with Crippen LogP contribution >= 0.6 is 10.7 Å². The molecule has 0 aromatic heterocycles. The van der Waals surface area contributed by atoms with E-state index >= 15 is 0 Å². The molecule has 0 aliphatic heterocycles. The molecule has 0 saturated heterocycles. The molecule has 0 amide bonds. The Balaban J connectivity index is 2.51. The topological polar surface area (TPSA) is 34.1 Å². The quantitative estimate of drug-likeness (QED) is 0.633. The van der Waals surface area contributed by atoms with E-state index in [9.17, 15) is 8.42 Å². The molecule has 1 aliphatic carbocycles. The van der Waals surface area contributed by atoms with Gasteiger partial charge >= 0.3 is 0 Å². The van der Waals surface area contributed by atoms with Crippen molar-refractivity contribution in [1.82, 2.24) is 0 Å². The molecule has 1 aliphatic rings. The lowest BCUT2D eigenvalue weighted by Crippen LogP contribution is -2.37. The minimum atomic E-state index is -3.29. The standard InChI is InChI=1S/C7H13ClO2S/c1-6-3-7(2,4-6)5-11(8,9)10/h6H,3-5H2,1-2H3. The van der Waals surface area contributed by atoms with Gasteiger partial charge in [0.15, 0.2) is 0 Å². The highest BCUT2D eigenvalue weighted by atomic mass is 35.7. The second-order valence-electron chi connectivity index (χ2n) is 4.01. The summed E-state index contributed by atoms with van der Waals surface area (Å²) in [6, 6.07) is 0. The molecule has 2 nitrogen and oxygen atoms in total. The van der Waals surface area contributed by atoms with Gasteiger partial charge in [-0.05, 0) is 24.2 Å². The minimum absolute atomic E-state index is 0.0417. The van der Waals surface area contributed by atoms with E-state index < -0.39 is 9.05 Å². The molecular weight excluding hydrogens is 184 g/mol. The Morgan fingerprint density at radius 3 is 2.27 bits per heavy atom. The molecule has 0 heterocycles. The van der Waals surface area contributed by atoms with Gasteiger partial charge in [0.1, 0.15) is 0 Å². The lowest BCUT2D eigenvalue weighted by atomic mass is 9.65. The third-order valence-corrected chi connectivity index (χ3v) is 3.57. The zero-order valence-corrected chi connectivity index (χ0v) is 8.37. The average Bonchev–Trinajstić information content (AvgIpc) is 1.53. The van der Waals surface area contributed by atoms with Gasteiger partial charge in [0.25, 0.3) is 0 Å². The Morgan fingerprint density at radius 1 is 1.55 bits per heavy atom.